The van der Waals surface area contributed by atoms with Crippen LogP contribution in [-0.2, 0) is 4.79 Å². The molecule has 190 valence electrons. The maximum atomic E-state index is 13.9. The first kappa shape index (κ1) is 26.7. The minimum absolute atomic E-state index is 0.0462. The molecule has 6 heteroatoms. The summed E-state index contributed by atoms with van der Waals surface area (Å²) in [5, 5.41) is 0. The van der Waals surface area contributed by atoms with Crippen LogP contribution in [0.2, 0.25) is 0 Å². The number of ether oxygens (including phenoxy) is 2. The van der Waals surface area contributed by atoms with Gasteiger partial charge in [-0.25, -0.2) is 0 Å². The van der Waals surface area contributed by atoms with E-state index in [0.717, 1.165) is 45.2 Å². The number of anilines is 1. The van der Waals surface area contributed by atoms with Crippen molar-refractivity contribution in [1.29, 1.82) is 0 Å². The molecule has 0 fully saturated rings. The van der Waals surface area contributed by atoms with Crippen LogP contribution in [0.1, 0.15) is 94.1 Å². The third kappa shape index (κ3) is 5.87. The minimum Gasteiger partial charge on any atom is -0.472 e. The predicted octanol–water partition coefficient (Wildman–Crippen LogP) is 6.18. The van der Waals surface area contributed by atoms with Crippen molar-refractivity contribution in [2.24, 2.45) is 5.92 Å². The van der Waals surface area contributed by atoms with E-state index in [1.54, 1.807) is 18.2 Å². The molecule has 6 nitrogen and oxygen atoms in total. The summed E-state index contributed by atoms with van der Waals surface area (Å²) in [7, 11) is 0. The summed E-state index contributed by atoms with van der Waals surface area (Å²) >= 11 is 0. The number of carbonyl (C=O) groups excluding carboxylic acids is 2. The highest BCUT2D eigenvalue weighted by molar-refractivity contribution is 6.14. The first-order valence-electron chi connectivity index (χ1n) is 13.0. The highest BCUT2D eigenvalue weighted by atomic mass is 16.5. The Kier molecular flexibility index (Phi) is 9.33. The van der Waals surface area contributed by atoms with Gasteiger partial charge in [-0.3, -0.25) is 14.5 Å². The number of carbonyl (C=O) groups is 2. The van der Waals surface area contributed by atoms with E-state index < -0.39 is 5.92 Å². The molecule has 0 saturated carbocycles. The Bertz CT molecular complexity index is 1010. The molecule has 2 atom stereocenters. The Morgan fingerprint density at radius 2 is 1.71 bits per heavy atom. The molecule has 0 saturated heterocycles. The van der Waals surface area contributed by atoms with Crippen LogP contribution in [0.25, 0.3) is 0 Å². The monoisotopic (exact) mass is 480 g/mol. The van der Waals surface area contributed by atoms with Crippen LogP contribution < -0.4 is 15.2 Å². The van der Waals surface area contributed by atoms with Gasteiger partial charge in [-0.05, 0) is 25.2 Å². The largest absolute Gasteiger partial charge is 0.472 e. The number of benzene rings is 2. The molecule has 1 heterocycles. The summed E-state index contributed by atoms with van der Waals surface area (Å²) in [6.45, 7) is 12.2. The molecule has 0 radical (unpaired) electrons. The van der Waals surface area contributed by atoms with E-state index in [1.165, 1.54) is 0 Å². The molecule has 0 bridgehead atoms. The fraction of sp³-hybridized carbons (Fsp3) is 0.517. The van der Waals surface area contributed by atoms with E-state index in [2.05, 4.69) is 25.7 Å². The maximum Gasteiger partial charge on any atom is 0.319 e. The maximum absolute atomic E-state index is 13.9. The van der Waals surface area contributed by atoms with E-state index in [-0.39, 0.29) is 23.9 Å². The van der Waals surface area contributed by atoms with E-state index >= 15 is 0 Å². The topological polar surface area (TPSA) is 81.9 Å². The number of ketones is 1. The van der Waals surface area contributed by atoms with Crippen molar-refractivity contribution in [2.45, 2.75) is 78.9 Å². The molecule has 0 amide bonds. The highest BCUT2D eigenvalue weighted by Gasteiger charge is 2.42. The predicted molar refractivity (Wildman–Crippen MR) is 140 cm³/mol. The Morgan fingerprint density at radius 3 is 2.26 bits per heavy atom. The molecule has 35 heavy (non-hydrogen) atoms. The molecular formula is C29H40N2O4. The number of unbranched alkanes of at least 4 members (excludes halogenated alkanes) is 2. The van der Waals surface area contributed by atoms with Gasteiger partial charge in [-0.15, -0.1) is 0 Å². The van der Waals surface area contributed by atoms with Gasteiger partial charge < -0.3 is 15.2 Å². The first-order chi connectivity index (χ1) is 16.8. The number of nitrogens with zero attached hydrogens (tertiary/aromatic N) is 1. The van der Waals surface area contributed by atoms with E-state index in [9.17, 15) is 9.59 Å². The first-order valence-corrected chi connectivity index (χ1v) is 13.0. The normalized spacial score (nSPS) is 15.9. The van der Waals surface area contributed by atoms with Crippen LogP contribution in [0.5, 0.6) is 11.5 Å². The SMILES string of the molecule is CCCCN(CCCC)C(CC)Oc1c(N)cc2c(c1C(=O)c1ccccc1)C(C(C)C)C(=O)O2. The van der Waals surface area contributed by atoms with Gasteiger partial charge in [0.2, 0.25) is 0 Å². The molecule has 3 rings (SSSR count). The van der Waals surface area contributed by atoms with Crippen molar-refractivity contribution < 1.29 is 19.1 Å². The van der Waals surface area contributed by atoms with E-state index in [0.29, 0.717) is 33.9 Å². The zero-order valence-electron chi connectivity index (χ0n) is 21.8. The summed E-state index contributed by atoms with van der Waals surface area (Å²) < 4.78 is 12.2. The minimum atomic E-state index is -0.549. The Morgan fingerprint density at radius 1 is 1.09 bits per heavy atom. The molecule has 1 aliphatic rings. The van der Waals surface area contributed by atoms with Crippen LogP contribution in [-0.4, -0.2) is 36.0 Å². The summed E-state index contributed by atoms with van der Waals surface area (Å²) in [6.07, 6.45) is 4.83. The standard InChI is InChI=1S/C29H40N2O4/c1-6-9-16-31(17-10-7-2)23(8-3)35-28-21(30)18-22-25(24(19(4)5)29(33)34-22)26(28)27(32)20-14-12-11-13-15-20/h11-15,18-19,23-24H,6-10,16-17,30H2,1-5H3. The molecular weight excluding hydrogens is 440 g/mol. The van der Waals surface area contributed by atoms with Gasteiger partial charge in [0.1, 0.15) is 5.75 Å². The van der Waals surface area contributed by atoms with Crippen LogP contribution >= 0.6 is 0 Å². The van der Waals surface area contributed by atoms with Crippen molar-refractivity contribution in [3.63, 3.8) is 0 Å². The lowest BCUT2D eigenvalue weighted by atomic mass is 9.83. The lowest BCUT2D eigenvalue weighted by Gasteiger charge is -2.32. The van der Waals surface area contributed by atoms with Gasteiger partial charge in [-0.2, -0.15) is 0 Å². The molecule has 2 aromatic rings. The fourth-order valence-electron chi connectivity index (χ4n) is 4.72. The molecule has 2 aromatic carbocycles. The highest BCUT2D eigenvalue weighted by Crippen LogP contribution is 2.48. The van der Waals surface area contributed by atoms with Crippen LogP contribution in [0.15, 0.2) is 36.4 Å². The number of hydrogen-bond acceptors (Lipinski definition) is 6. The van der Waals surface area contributed by atoms with Crippen molar-refractivity contribution in [3.8, 4) is 11.5 Å². The van der Waals surface area contributed by atoms with Crippen molar-refractivity contribution >= 4 is 17.4 Å². The van der Waals surface area contributed by atoms with E-state index in [4.69, 9.17) is 15.2 Å². The molecule has 0 aliphatic carbocycles. The number of esters is 1. The smallest absolute Gasteiger partial charge is 0.319 e. The van der Waals surface area contributed by atoms with Gasteiger partial charge in [0.25, 0.3) is 0 Å². The second-order valence-electron chi connectivity index (χ2n) is 9.64. The fourth-order valence-corrected chi connectivity index (χ4v) is 4.72. The lowest BCUT2D eigenvalue weighted by Crippen LogP contribution is -2.41. The van der Waals surface area contributed by atoms with Crippen LogP contribution in [0.3, 0.4) is 0 Å². The number of hydrogen-bond donors (Lipinski definition) is 1. The molecule has 0 spiro atoms. The zero-order chi connectivity index (χ0) is 25.5. The van der Waals surface area contributed by atoms with Crippen LogP contribution in [0.4, 0.5) is 5.69 Å². The Hall–Kier alpha value is -2.86. The molecule has 2 N–H and O–H groups in total. The number of nitrogen functional groups attached to an aromatic ring is 1. The quantitative estimate of drug-likeness (QED) is 0.121. The van der Waals surface area contributed by atoms with Gasteiger partial charge >= 0.3 is 5.97 Å². The Labute approximate surface area is 209 Å². The van der Waals surface area contributed by atoms with Gasteiger partial charge in [0.15, 0.2) is 17.8 Å². The van der Waals surface area contributed by atoms with Gasteiger partial charge in [-0.1, -0.05) is 77.8 Å². The summed E-state index contributed by atoms with van der Waals surface area (Å²) in [6, 6.07) is 10.7. The van der Waals surface area contributed by atoms with E-state index in [1.807, 2.05) is 32.0 Å². The van der Waals surface area contributed by atoms with Gasteiger partial charge in [0, 0.05) is 30.3 Å². The summed E-state index contributed by atoms with van der Waals surface area (Å²) in [5.74, 6) is -0.446. The summed E-state index contributed by atoms with van der Waals surface area (Å²) in [5.41, 5.74) is 8.26. The molecule has 1 aliphatic heterocycles. The lowest BCUT2D eigenvalue weighted by molar-refractivity contribution is -0.134. The van der Waals surface area contributed by atoms with Crippen molar-refractivity contribution in [2.75, 3.05) is 18.8 Å². The van der Waals surface area contributed by atoms with Gasteiger partial charge in [0.05, 0.1) is 17.2 Å². The third-order valence-electron chi connectivity index (χ3n) is 6.62. The average Bonchev–Trinajstić information content (AvgIpc) is 3.18. The van der Waals surface area contributed by atoms with Crippen LogP contribution in [0, 0.1) is 5.92 Å². The second-order valence-corrected chi connectivity index (χ2v) is 9.64. The third-order valence-corrected chi connectivity index (χ3v) is 6.62. The van der Waals surface area contributed by atoms with Crippen molar-refractivity contribution in [1.82, 2.24) is 4.90 Å². The second kappa shape index (κ2) is 12.2. The zero-order valence-corrected chi connectivity index (χ0v) is 21.8. The summed E-state index contributed by atoms with van der Waals surface area (Å²) in [4.78, 5) is 29.1. The van der Waals surface area contributed by atoms with Crippen molar-refractivity contribution in [3.05, 3.63) is 53.1 Å². The number of rotatable bonds is 13. The Balaban J connectivity index is 2.15. The molecule has 0 aromatic heterocycles. The number of nitrogens with two attached hydrogens (primary N) is 1. The molecule has 2 unspecified atom stereocenters. The number of fused-ring (bicyclic) bond motifs is 1. The average molecular weight is 481 g/mol.